The first-order chi connectivity index (χ1) is 9.99. The third kappa shape index (κ3) is 3.98. The van der Waals surface area contributed by atoms with E-state index in [-0.39, 0.29) is 30.1 Å². The number of nitrogens with one attached hydrogen (secondary N) is 1. The van der Waals surface area contributed by atoms with Gasteiger partial charge in [0.2, 0.25) is 0 Å². The van der Waals surface area contributed by atoms with E-state index < -0.39 is 0 Å². The molecule has 1 amide bonds. The summed E-state index contributed by atoms with van der Waals surface area (Å²) in [4.78, 5) is 23.4. The predicted octanol–water partition coefficient (Wildman–Crippen LogP) is 3.16. The van der Waals surface area contributed by atoms with E-state index >= 15 is 0 Å². The van der Waals surface area contributed by atoms with Crippen molar-refractivity contribution in [3.8, 4) is 0 Å². The number of furan rings is 1. The van der Waals surface area contributed by atoms with Crippen LogP contribution < -0.4 is 5.32 Å². The van der Waals surface area contributed by atoms with Crippen molar-refractivity contribution in [2.24, 2.45) is 0 Å². The maximum atomic E-state index is 12.1. The number of carbonyl (C=O) groups is 2. The Morgan fingerprint density at radius 2 is 2.14 bits per heavy atom. The number of amides is 1. The molecule has 5 nitrogen and oxygen atoms in total. The van der Waals surface area contributed by atoms with Crippen LogP contribution >= 0.6 is 11.6 Å². The third-order valence-corrected chi connectivity index (χ3v) is 3.09. The van der Waals surface area contributed by atoms with E-state index in [4.69, 9.17) is 20.8 Å². The van der Waals surface area contributed by atoms with Crippen molar-refractivity contribution in [2.75, 3.05) is 6.61 Å². The normalized spacial score (nSPS) is 12.1. The molecule has 0 aliphatic carbocycles. The Morgan fingerprint density at radius 1 is 1.38 bits per heavy atom. The Labute approximate surface area is 127 Å². The fraction of sp³-hybridized carbons (Fsp3) is 0.333. The van der Waals surface area contributed by atoms with Crippen molar-refractivity contribution < 1.29 is 18.7 Å². The molecular formula is C15H16ClNO4. The van der Waals surface area contributed by atoms with Crippen LogP contribution in [0.25, 0.3) is 11.0 Å². The monoisotopic (exact) mass is 309 g/mol. The number of hydrogen-bond acceptors (Lipinski definition) is 4. The number of carbonyl (C=O) groups excluding carboxylic acids is 2. The highest BCUT2D eigenvalue weighted by atomic mass is 35.5. The van der Waals surface area contributed by atoms with Gasteiger partial charge in [-0.15, -0.1) is 0 Å². The molecular weight excluding hydrogens is 294 g/mol. The second-order valence-corrected chi connectivity index (χ2v) is 5.11. The van der Waals surface area contributed by atoms with Gasteiger partial charge in [0.15, 0.2) is 5.76 Å². The summed E-state index contributed by atoms with van der Waals surface area (Å²) in [5, 5.41) is 4.02. The lowest BCUT2D eigenvalue weighted by atomic mass is 10.2. The Hall–Kier alpha value is -2.01. The molecule has 1 aromatic carbocycles. The van der Waals surface area contributed by atoms with Gasteiger partial charge in [-0.2, -0.15) is 0 Å². The number of fused-ring (bicyclic) bond motifs is 1. The molecule has 0 bridgehead atoms. The minimum atomic E-state index is -0.376. The Morgan fingerprint density at radius 3 is 2.86 bits per heavy atom. The van der Waals surface area contributed by atoms with Crippen LogP contribution in [0.2, 0.25) is 5.02 Å². The average molecular weight is 310 g/mol. The summed E-state index contributed by atoms with van der Waals surface area (Å²) < 4.78 is 10.3. The molecule has 2 rings (SSSR count). The lowest BCUT2D eigenvalue weighted by Gasteiger charge is -2.11. The molecule has 2 aromatic rings. The number of hydrogen-bond donors (Lipinski definition) is 1. The van der Waals surface area contributed by atoms with Gasteiger partial charge >= 0.3 is 5.97 Å². The number of ether oxygens (including phenoxy) is 1. The number of rotatable bonds is 5. The molecule has 0 aliphatic heterocycles. The van der Waals surface area contributed by atoms with Gasteiger partial charge in [0.25, 0.3) is 5.91 Å². The maximum absolute atomic E-state index is 12.1. The van der Waals surface area contributed by atoms with Crippen molar-refractivity contribution in [1.82, 2.24) is 5.32 Å². The standard InChI is InChI=1S/C15H16ClNO4/c1-3-20-14(18)6-9(2)17-15(19)13-8-10-7-11(16)4-5-12(10)21-13/h4-5,7-9H,3,6H2,1-2H3,(H,17,19). The Bertz CT molecular complexity index is 665. The number of benzene rings is 1. The summed E-state index contributed by atoms with van der Waals surface area (Å²) in [5.74, 6) is -0.538. The smallest absolute Gasteiger partial charge is 0.307 e. The van der Waals surface area contributed by atoms with Crippen LogP contribution in [0.3, 0.4) is 0 Å². The first kappa shape index (κ1) is 15.4. The SMILES string of the molecule is CCOC(=O)CC(C)NC(=O)c1cc2cc(Cl)ccc2o1. The zero-order valence-electron chi connectivity index (χ0n) is 11.8. The first-order valence-electron chi connectivity index (χ1n) is 6.65. The molecule has 1 unspecified atom stereocenters. The molecule has 1 atom stereocenters. The predicted molar refractivity (Wildman–Crippen MR) is 79.4 cm³/mol. The minimum absolute atomic E-state index is 0.117. The van der Waals surface area contributed by atoms with E-state index in [1.54, 1.807) is 38.1 Å². The van der Waals surface area contributed by atoms with Crippen molar-refractivity contribution >= 4 is 34.4 Å². The first-order valence-corrected chi connectivity index (χ1v) is 7.03. The van der Waals surface area contributed by atoms with Crippen LogP contribution in [0.4, 0.5) is 0 Å². The molecule has 0 aliphatic rings. The fourth-order valence-electron chi connectivity index (χ4n) is 1.94. The third-order valence-electron chi connectivity index (χ3n) is 2.86. The zero-order chi connectivity index (χ0) is 15.4. The molecule has 1 heterocycles. The molecule has 0 saturated carbocycles. The fourth-order valence-corrected chi connectivity index (χ4v) is 2.12. The molecule has 21 heavy (non-hydrogen) atoms. The lowest BCUT2D eigenvalue weighted by Crippen LogP contribution is -2.34. The summed E-state index contributed by atoms with van der Waals surface area (Å²) in [6.45, 7) is 3.79. The van der Waals surface area contributed by atoms with Gasteiger partial charge in [-0.3, -0.25) is 9.59 Å². The maximum Gasteiger partial charge on any atom is 0.307 e. The molecule has 6 heteroatoms. The number of halogens is 1. The van der Waals surface area contributed by atoms with Crippen molar-refractivity contribution in [3.05, 3.63) is 35.0 Å². The van der Waals surface area contributed by atoms with E-state index in [0.717, 1.165) is 5.39 Å². The van der Waals surface area contributed by atoms with Gasteiger partial charge in [-0.05, 0) is 38.1 Å². The summed E-state index contributed by atoms with van der Waals surface area (Å²) >= 11 is 5.89. The summed E-state index contributed by atoms with van der Waals surface area (Å²) in [7, 11) is 0. The van der Waals surface area contributed by atoms with E-state index in [9.17, 15) is 9.59 Å². The second kappa shape index (κ2) is 6.63. The summed E-state index contributed by atoms with van der Waals surface area (Å²) in [6.07, 6.45) is 0.117. The second-order valence-electron chi connectivity index (χ2n) is 4.68. The highest BCUT2D eigenvalue weighted by Crippen LogP contribution is 2.23. The summed E-state index contributed by atoms with van der Waals surface area (Å²) in [5.41, 5.74) is 0.586. The van der Waals surface area contributed by atoms with Crippen LogP contribution in [0.1, 0.15) is 30.8 Å². The molecule has 1 N–H and O–H groups in total. The van der Waals surface area contributed by atoms with E-state index in [2.05, 4.69) is 5.32 Å². The van der Waals surface area contributed by atoms with Gasteiger partial charge < -0.3 is 14.5 Å². The van der Waals surface area contributed by atoms with Crippen molar-refractivity contribution in [2.45, 2.75) is 26.3 Å². The van der Waals surface area contributed by atoms with Crippen LogP contribution in [-0.4, -0.2) is 24.5 Å². The Kier molecular flexibility index (Phi) is 4.85. The molecule has 0 radical (unpaired) electrons. The van der Waals surface area contributed by atoms with Gasteiger partial charge in [-0.1, -0.05) is 11.6 Å². The molecule has 0 fully saturated rings. The van der Waals surface area contributed by atoms with Gasteiger partial charge in [-0.25, -0.2) is 0 Å². The molecule has 0 spiro atoms. The van der Waals surface area contributed by atoms with Crippen LogP contribution in [0, 0.1) is 0 Å². The van der Waals surface area contributed by atoms with Crippen molar-refractivity contribution in [1.29, 1.82) is 0 Å². The molecule has 1 aromatic heterocycles. The summed E-state index contributed by atoms with van der Waals surface area (Å²) in [6, 6.07) is 6.40. The van der Waals surface area contributed by atoms with E-state index in [1.165, 1.54) is 0 Å². The zero-order valence-corrected chi connectivity index (χ0v) is 12.6. The highest BCUT2D eigenvalue weighted by Gasteiger charge is 2.17. The topological polar surface area (TPSA) is 68.5 Å². The largest absolute Gasteiger partial charge is 0.466 e. The van der Waals surface area contributed by atoms with Crippen molar-refractivity contribution in [3.63, 3.8) is 0 Å². The van der Waals surface area contributed by atoms with Crippen LogP contribution in [-0.2, 0) is 9.53 Å². The highest BCUT2D eigenvalue weighted by molar-refractivity contribution is 6.31. The van der Waals surface area contributed by atoms with E-state index in [1.807, 2.05) is 0 Å². The quantitative estimate of drug-likeness (QED) is 0.861. The average Bonchev–Trinajstić information content (AvgIpc) is 2.81. The Balaban J connectivity index is 2.03. The van der Waals surface area contributed by atoms with Crippen LogP contribution in [0.5, 0.6) is 0 Å². The van der Waals surface area contributed by atoms with Gasteiger partial charge in [0.05, 0.1) is 13.0 Å². The molecule has 112 valence electrons. The lowest BCUT2D eigenvalue weighted by molar-refractivity contribution is -0.143. The van der Waals surface area contributed by atoms with Crippen LogP contribution in [0.15, 0.2) is 28.7 Å². The molecule has 0 saturated heterocycles. The van der Waals surface area contributed by atoms with Gasteiger partial charge in [0.1, 0.15) is 5.58 Å². The van der Waals surface area contributed by atoms with Gasteiger partial charge in [0, 0.05) is 16.5 Å². The number of esters is 1. The minimum Gasteiger partial charge on any atom is -0.466 e. The van der Waals surface area contributed by atoms with E-state index in [0.29, 0.717) is 17.2 Å².